The first-order valence-electron chi connectivity index (χ1n) is 5.69. The molecule has 0 fully saturated rings. The van der Waals surface area contributed by atoms with Crippen LogP contribution in [0, 0.1) is 6.92 Å². The molecule has 2 aromatic rings. The van der Waals surface area contributed by atoms with Crippen LogP contribution in [0.25, 0.3) is 0 Å². The highest BCUT2D eigenvalue weighted by Crippen LogP contribution is 2.21. The van der Waals surface area contributed by atoms with Crippen LogP contribution in [0.1, 0.15) is 21.6 Å². The van der Waals surface area contributed by atoms with Crippen LogP contribution >= 0.6 is 31.9 Å². The van der Waals surface area contributed by atoms with Crippen molar-refractivity contribution >= 4 is 37.8 Å². The van der Waals surface area contributed by atoms with Gasteiger partial charge in [-0.15, -0.1) is 0 Å². The van der Waals surface area contributed by atoms with Crippen molar-refractivity contribution in [2.24, 2.45) is 7.05 Å². The number of rotatable bonds is 3. The van der Waals surface area contributed by atoms with Gasteiger partial charge < -0.3 is 5.32 Å². The number of amides is 1. The lowest BCUT2D eigenvalue weighted by atomic mass is 10.2. The van der Waals surface area contributed by atoms with Gasteiger partial charge in [0.2, 0.25) is 0 Å². The summed E-state index contributed by atoms with van der Waals surface area (Å²) in [6.45, 7) is 2.40. The summed E-state index contributed by atoms with van der Waals surface area (Å²) in [6.07, 6.45) is 1.91. The van der Waals surface area contributed by atoms with E-state index in [1.807, 2.05) is 32.3 Å². The van der Waals surface area contributed by atoms with Gasteiger partial charge in [-0.25, -0.2) is 0 Å². The van der Waals surface area contributed by atoms with Gasteiger partial charge in [0.1, 0.15) is 0 Å². The van der Waals surface area contributed by atoms with Crippen LogP contribution < -0.4 is 5.32 Å². The van der Waals surface area contributed by atoms with Gasteiger partial charge in [-0.05, 0) is 41.1 Å². The molecule has 0 radical (unpaired) electrons. The largest absolute Gasteiger partial charge is 0.348 e. The van der Waals surface area contributed by atoms with E-state index in [0.717, 1.165) is 20.2 Å². The molecule has 19 heavy (non-hydrogen) atoms. The van der Waals surface area contributed by atoms with Crippen molar-refractivity contribution in [2.45, 2.75) is 13.5 Å². The Bertz CT molecular complexity index is 622. The summed E-state index contributed by atoms with van der Waals surface area (Å²) < 4.78 is 3.44. The molecule has 0 unspecified atom stereocenters. The van der Waals surface area contributed by atoms with Crippen molar-refractivity contribution in [2.75, 3.05) is 0 Å². The van der Waals surface area contributed by atoms with Crippen molar-refractivity contribution in [3.8, 4) is 0 Å². The number of hydrogen-bond acceptors (Lipinski definition) is 2. The minimum atomic E-state index is -0.109. The number of benzene rings is 1. The van der Waals surface area contributed by atoms with E-state index in [4.69, 9.17) is 0 Å². The average molecular weight is 387 g/mol. The SMILES string of the molecule is Cc1nn(C)cc1CNC(=O)c1ccc(Br)cc1Br. The van der Waals surface area contributed by atoms with Crippen LogP contribution in [0.15, 0.2) is 33.3 Å². The number of aryl methyl sites for hydroxylation is 2. The molecule has 1 N–H and O–H groups in total. The van der Waals surface area contributed by atoms with Crippen molar-refractivity contribution in [3.05, 3.63) is 50.2 Å². The minimum absolute atomic E-state index is 0.109. The molecule has 0 atom stereocenters. The number of aromatic nitrogens is 2. The molecule has 4 nitrogen and oxygen atoms in total. The molecule has 1 aromatic carbocycles. The van der Waals surface area contributed by atoms with E-state index >= 15 is 0 Å². The van der Waals surface area contributed by atoms with E-state index in [9.17, 15) is 4.79 Å². The zero-order valence-corrected chi connectivity index (χ0v) is 13.7. The molecule has 6 heteroatoms. The van der Waals surface area contributed by atoms with Crippen LogP contribution in [0.3, 0.4) is 0 Å². The summed E-state index contributed by atoms with van der Waals surface area (Å²) in [5.74, 6) is -0.109. The smallest absolute Gasteiger partial charge is 0.252 e. The molecule has 0 aliphatic rings. The van der Waals surface area contributed by atoms with Crippen molar-refractivity contribution in [1.29, 1.82) is 0 Å². The lowest BCUT2D eigenvalue weighted by Gasteiger charge is -2.06. The highest BCUT2D eigenvalue weighted by Gasteiger charge is 2.11. The predicted octanol–water partition coefficient (Wildman–Crippen LogP) is 3.18. The molecular formula is C13H13Br2N3O. The molecule has 1 aromatic heterocycles. The third kappa shape index (κ3) is 3.45. The molecule has 1 heterocycles. The molecule has 0 aliphatic carbocycles. The van der Waals surface area contributed by atoms with E-state index in [2.05, 4.69) is 42.3 Å². The summed E-state index contributed by atoms with van der Waals surface area (Å²) in [4.78, 5) is 12.1. The van der Waals surface area contributed by atoms with Gasteiger partial charge in [0.25, 0.3) is 5.91 Å². The molecule has 1 amide bonds. The fraction of sp³-hybridized carbons (Fsp3) is 0.231. The first-order chi connectivity index (χ1) is 8.97. The van der Waals surface area contributed by atoms with Gasteiger partial charge in [0, 0.05) is 34.3 Å². The molecule has 0 aliphatic heterocycles. The third-order valence-corrected chi connectivity index (χ3v) is 3.88. The number of carbonyl (C=O) groups is 1. The molecule has 100 valence electrons. The Kier molecular flexibility index (Phi) is 4.42. The summed E-state index contributed by atoms with van der Waals surface area (Å²) in [5.41, 5.74) is 2.56. The summed E-state index contributed by atoms with van der Waals surface area (Å²) in [5, 5.41) is 7.13. The number of halogens is 2. The molecule has 2 rings (SSSR count). The molecule has 0 saturated heterocycles. The highest BCUT2D eigenvalue weighted by molar-refractivity contribution is 9.11. The average Bonchev–Trinajstić information content (AvgIpc) is 2.65. The summed E-state index contributed by atoms with van der Waals surface area (Å²) in [6, 6.07) is 5.47. The van der Waals surface area contributed by atoms with Crippen molar-refractivity contribution in [3.63, 3.8) is 0 Å². The summed E-state index contributed by atoms with van der Waals surface area (Å²) in [7, 11) is 1.86. The Balaban J connectivity index is 2.07. The maximum atomic E-state index is 12.1. The van der Waals surface area contributed by atoms with Gasteiger partial charge in [0.05, 0.1) is 11.3 Å². The number of nitrogens with zero attached hydrogens (tertiary/aromatic N) is 2. The lowest BCUT2D eigenvalue weighted by molar-refractivity contribution is 0.0950. The zero-order valence-electron chi connectivity index (χ0n) is 10.6. The van der Waals surface area contributed by atoms with E-state index in [1.165, 1.54) is 0 Å². The van der Waals surface area contributed by atoms with E-state index in [-0.39, 0.29) is 5.91 Å². The van der Waals surface area contributed by atoms with Crippen LogP contribution in [-0.4, -0.2) is 15.7 Å². The zero-order chi connectivity index (χ0) is 14.0. The Morgan fingerprint density at radius 2 is 2.16 bits per heavy atom. The molecule has 0 bridgehead atoms. The second-order valence-electron chi connectivity index (χ2n) is 4.22. The maximum absolute atomic E-state index is 12.1. The normalized spacial score (nSPS) is 10.5. The van der Waals surface area contributed by atoms with Gasteiger partial charge in [0.15, 0.2) is 0 Å². The van der Waals surface area contributed by atoms with Crippen LogP contribution in [0.5, 0.6) is 0 Å². The van der Waals surface area contributed by atoms with Gasteiger partial charge in [-0.2, -0.15) is 5.10 Å². The molecule has 0 spiro atoms. The fourth-order valence-corrected chi connectivity index (χ4v) is 2.99. The Hall–Kier alpha value is -1.14. The molecule has 0 saturated carbocycles. The first kappa shape index (κ1) is 14.3. The Labute approximate surface area is 128 Å². The van der Waals surface area contributed by atoms with Crippen LogP contribution in [-0.2, 0) is 13.6 Å². The number of hydrogen-bond donors (Lipinski definition) is 1. The monoisotopic (exact) mass is 385 g/mol. The van der Waals surface area contributed by atoms with Gasteiger partial charge in [-0.3, -0.25) is 9.48 Å². The van der Waals surface area contributed by atoms with E-state index in [1.54, 1.807) is 10.7 Å². The standard InChI is InChI=1S/C13H13Br2N3O/c1-8-9(7-18(2)17-8)6-16-13(19)11-4-3-10(14)5-12(11)15/h3-5,7H,6H2,1-2H3,(H,16,19). The van der Waals surface area contributed by atoms with E-state index < -0.39 is 0 Å². The quantitative estimate of drug-likeness (QED) is 0.880. The predicted molar refractivity (Wildman–Crippen MR) is 81.0 cm³/mol. The first-order valence-corrected chi connectivity index (χ1v) is 7.28. The third-order valence-electron chi connectivity index (χ3n) is 2.73. The molecular weight excluding hydrogens is 374 g/mol. The Morgan fingerprint density at radius 3 is 2.74 bits per heavy atom. The van der Waals surface area contributed by atoms with Crippen molar-refractivity contribution in [1.82, 2.24) is 15.1 Å². The summed E-state index contributed by atoms with van der Waals surface area (Å²) >= 11 is 6.75. The van der Waals surface area contributed by atoms with E-state index in [0.29, 0.717) is 12.1 Å². The Morgan fingerprint density at radius 1 is 1.42 bits per heavy atom. The van der Waals surface area contributed by atoms with Crippen LogP contribution in [0.2, 0.25) is 0 Å². The highest BCUT2D eigenvalue weighted by atomic mass is 79.9. The number of carbonyl (C=O) groups excluding carboxylic acids is 1. The second-order valence-corrected chi connectivity index (χ2v) is 5.99. The maximum Gasteiger partial charge on any atom is 0.252 e. The minimum Gasteiger partial charge on any atom is -0.348 e. The number of nitrogens with one attached hydrogen (secondary N) is 1. The van der Waals surface area contributed by atoms with Crippen molar-refractivity contribution < 1.29 is 4.79 Å². The topological polar surface area (TPSA) is 46.9 Å². The lowest BCUT2D eigenvalue weighted by Crippen LogP contribution is -2.23. The van der Waals surface area contributed by atoms with Gasteiger partial charge in [-0.1, -0.05) is 15.9 Å². The fourth-order valence-electron chi connectivity index (χ4n) is 1.77. The van der Waals surface area contributed by atoms with Gasteiger partial charge >= 0.3 is 0 Å². The van der Waals surface area contributed by atoms with Crippen LogP contribution in [0.4, 0.5) is 0 Å². The second kappa shape index (κ2) is 5.88.